The Hall–Kier alpha value is -2.76. The number of aryl methyl sites for hydroxylation is 2. The average Bonchev–Trinajstić information content (AvgIpc) is 2.72. The monoisotopic (exact) mass is 420 g/mol. The Bertz CT molecular complexity index is 1110. The standard InChI is InChI=1S/C24H18F6/c1-2-12-5-6-17(23(29)22(12)28)14-4-3-13-8-18(19(25)9-15(13)7-14)16-10-20(26)24(30)21(27)11-16/h5-6,8-11,14H,2-4,7H2,1H3. The first-order valence-electron chi connectivity index (χ1n) is 9.73. The predicted octanol–water partition coefficient (Wildman–Crippen LogP) is 7.02. The van der Waals surface area contributed by atoms with E-state index < -0.39 is 34.9 Å². The molecule has 1 aliphatic carbocycles. The Morgan fingerprint density at radius 3 is 2.13 bits per heavy atom. The van der Waals surface area contributed by atoms with E-state index in [9.17, 15) is 26.3 Å². The molecule has 0 N–H and O–H groups in total. The molecule has 0 nitrogen and oxygen atoms in total. The van der Waals surface area contributed by atoms with Crippen LogP contribution in [0.1, 0.15) is 41.5 Å². The Morgan fingerprint density at radius 1 is 0.767 bits per heavy atom. The van der Waals surface area contributed by atoms with Crippen LogP contribution >= 0.6 is 0 Å². The number of hydrogen-bond acceptors (Lipinski definition) is 0. The van der Waals surface area contributed by atoms with E-state index in [1.165, 1.54) is 12.1 Å². The maximum atomic E-state index is 14.7. The summed E-state index contributed by atoms with van der Waals surface area (Å²) >= 11 is 0. The van der Waals surface area contributed by atoms with Gasteiger partial charge in [-0.2, -0.15) is 0 Å². The van der Waals surface area contributed by atoms with Crippen molar-refractivity contribution in [1.82, 2.24) is 0 Å². The van der Waals surface area contributed by atoms with Crippen molar-refractivity contribution in [3.8, 4) is 11.1 Å². The van der Waals surface area contributed by atoms with Crippen molar-refractivity contribution in [2.75, 3.05) is 0 Å². The first-order valence-corrected chi connectivity index (χ1v) is 9.73. The highest BCUT2D eigenvalue weighted by Crippen LogP contribution is 2.38. The highest BCUT2D eigenvalue weighted by Gasteiger charge is 2.26. The maximum Gasteiger partial charge on any atom is 0.194 e. The number of benzene rings is 3. The largest absolute Gasteiger partial charge is 0.206 e. The van der Waals surface area contributed by atoms with Crippen molar-refractivity contribution in [3.05, 3.63) is 93.6 Å². The fourth-order valence-electron chi connectivity index (χ4n) is 4.17. The van der Waals surface area contributed by atoms with Crippen LogP contribution in [0.15, 0.2) is 36.4 Å². The zero-order valence-electron chi connectivity index (χ0n) is 16.1. The molecule has 0 aromatic heterocycles. The van der Waals surface area contributed by atoms with Crippen LogP contribution in [0.3, 0.4) is 0 Å². The smallest absolute Gasteiger partial charge is 0.194 e. The Labute approximate surface area is 170 Å². The minimum atomic E-state index is -1.61. The van der Waals surface area contributed by atoms with Gasteiger partial charge in [-0.05, 0) is 83.7 Å². The lowest BCUT2D eigenvalue weighted by Crippen LogP contribution is -2.15. The molecule has 0 bridgehead atoms. The molecule has 0 aliphatic heterocycles. The fourth-order valence-corrected chi connectivity index (χ4v) is 4.17. The zero-order chi connectivity index (χ0) is 21.6. The van der Waals surface area contributed by atoms with Crippen molar-refractivity contribution in [3.63, 3.8) is 0 Å². The molecule has 30 heavy (non-hydrogen) atoms. The number of fused-ring (bicyclic) bond motifs is 1. The summed E-state index contributed by atoms with van der Waals surface area (Å²) < 4.78 is 83.8. The summed E-state index contributed by atoms with van der Waals surface area (Å²) in [4.78, 5) is 0. The fraction of sp³-hybridized carbons (Fsp3) is 0.250. The van der Waals surface area contributed by atoms with Gasteiger partial charge in [-0.3, -0.25) is 0 Å². The van der Waals surface area contributed by atoms with E-state index in [0.717, 1.165) is 17.7 Å². The Kier molecular flexibility index (Phi) is 5.35. The van der Waals surface area contributed by atoms with Gasteiger partial charge < -0.3 is 0 Å². The van der Waals surface area contributed by atoms with Crippen molar-refractivity contribution < 1.29 is 26.3 Å². The van der Waals surface area contributed by atoms with E-state index in [1.807, 2.05) is 0 Å². The molecule has 0 saturated carbocycles. The number of hydrogen-bond donors (Lipinski definition) is 0. The van der Waals surface area contributed by atoms with Crippen molar-refractivity contribution >= 4 is 0 Å². The first-order chi connectivity index (χ1) is 14.3. The molecular formula is C24H18F6. The van der Waals surface area contributed by atoms with Crippen LogP contribution in [0.5, 0.6) is 0 Å². The molecule has 0 spiro atoms. The summed E-state index contributed by atoms with van der Waals surface area (Å²) in [6, 6.07) is 7.41. The molecule has 0 amide bonds. The van der Waals surface area contributed by atoms with Gasteiger partial charge in [-0.15, -0.1) is 0 Å². The normalized spacial score (nSPS) is 15.9. The Balaban J connectivity index is 1.68. The van der Waals surface area contributed by atoms with Gasteiger partial charge >= 0.3 is 0 Å². The molecule has 3 aromatic rings. The predicted molar refractivity (Wildman–Crippen MR) is 102 cm³/mol. The zero-order valence-corrected chi connectivity index (χ0v) is 16.1. The molecule has 0 fully saturated rings. The SMILES string of the molecule is CCc1ccc(C2CCc3cc(-c4cc(F)c(F)c(F)c4)c(F)cc3C2)c(F)c1F. The van der Waals surface area contributed by atoms with E-state index in [1.54, 1.807) is 19.1 Å². The van der Waals surface area contributed by atoms with Crippen LogP contribution < -0.4 is 0 Å². The lowest BCUT2D eigenvalue weighted by atomic mass is 9.79. The summed E-state index contributed by atoms with van der Waals surface area (Å²) in [6.07, 6.45) is 1.69. The second-order valence-corrected chi connectivity index (χ2v) is 7.59. The molecule has 1 atom stereocenters. The second-order valence-electron chi connectivity index (χ2n) is 7.59. The summed E-state index contributed by atoms with van der Waals surface area (Å²) in [7, 11) is 0. The van der Waals surface area contributed by atoms with Crippen LogP contribution in [0, 0.1) is 34.9 Å². The third-order valence-electron chi connectivity index (χ3n) is 5.83. The lowest BCUT2D eigenvalue weighted by Gasteiger charge is -2.26. The number of halogens is 6. The molecule has 3 aromatic carbocycles. The molecule has 0 heterocycles. The average molecular weight is 420 g/mol. The van der Waals surface area contributed by atoms with Gasteiger partial charge in [0.2, 0.25) is 0 Å². The van der Waals surface area contributed by atoms with E-state index in [-0.39, 0.29) is 22.6 Å². The van der Waals surface area contributed by atoms with Gasteiger partial charge in [-0.1, -0.05) is 19.1 Å². The molecule has 0 radical (unpaired) electrons. The molecule has 0 saturated heterocycles. The topological polar surface area (TPSA) is 0 Å². The van der Waals surface area contributed by atoms with Crippen molar-refractivity contribution in [2.45, 2.75) is 38.5 Å². The van der Waals surface area contributed by atoms with Gasteiger partial charge in [0, 0.05) is 5.56 Å². The molecule has 4 rings (SSSR count). The van der Waals surface area contributed by atoms with Gasteiger partial charge in [0.05, 0.1) is 0 Å². The molecule has 1 aliphatic rings. The van der Waals surface area contributed by atoms with E-state index >= 15 is 0 Å². The lowest BCUT2D eigenvalue weighted by molar-refractivity contribution is 0.447. The quantitative estimate of drug-likeness (QED) is 0.315. The second kappa shape index (κ2) is 7.82. The van der Waals surface area contributed by atoms with E-state index in [0.29, 0.717) is 36.8 Å². The third-order valence-corrected chi connectivity index (χ3v) is 5.83. The molecule has 1 unspecified atom stereocenters. The van der Waals surface area contributed by atoms with E-state index in [2.05, 4.69) is 0 Å². The number of rotatable bonds is 3. The minimum absolute atomic E-state index is 0.0328. The first kappa shape index (κ1) is 20.5. The van der Waals surface area contributed by atoms with Gasteiger partial charge in [0.25, 0.3) is 0 Å². The van der Waals surface area contributed by atoms with Gasteiger partial charge in [0.1, 0.15) is 5.82 Å². The van der Waals surface area contributed by atoms with Crippen LogP contribution in [0.25, 0.3) is 11.1 Å². The van der Waals surface area contributed by atoms with E-state index in [4.69, 9.17) is 0 Å². The summed E-state index contributed by atoms with van der Waals surface area (Å²) in [5.41, 5.74) is 1.84. The highest BCUT2D eigenvalue weighted by molar-refractivity contribution is 5.66. The minimum Gasteiger partial charge on any atom is -0.206 e. The van der Waals surface area contributed by atoms with Crippen LogP contribution in [0.4, 0.5) is 26.3 Å². The molecule has 6 heteroatoms. The summed E-state index contributed by atoms with van der Waals surface area (Å²) in [5.74, 6) is -7.12. The summed E-state index contributed by atoms with van der Waals surface area (Å²) in [5, 5.41) is 0. The highest BCUT2D eigenvalue weighted by atomic mass is 19.2. The molecular weight excluding hydrogens is 402 g/mol. The van der Waals surface area contributed by atoms with Crippen molar-refractivity contribution in [2.24, 2.45) is 0 Å². The summed E-state index contributed by atoms with van der Waals surface area (Å²) in [6.45, 7) is 1.74. The van der Waals surface area contributed by atoms with Crippen LogP contribution in [-0.4, -0.2) is 0 Å². The maximum absolute atomic E-state index is 14.7. The van der Waals surface area contributed by atoms with Gasteiger partial charge in [-0.25, -0.2) is 26.3 Å². The molecule has 156 valence electrons. The Morgan fingerprint density at radius 2 is 1.47 bits per heavy atom. The third kappa shape index (κ3) is 3.48. The van der Waals surface area contributed by atoms with Gasteiger partial charge in [0.15, 0.2) is 29.1 Å². The van der Waals surface area contributed by atoms with Crippen molar-refractivity contribution in [1.29, 1.82) is 0 Å². The van der Waals surface area contributed by atoms with Crippen LogP contribution in [-0.2, 0) is 19.3 Å². The van der Waals surface area contributed by atoms with Crippen LogP contribution in [0.2, 0.25) is 0 Å².